The van der Waals surface area contributed by atoms with Gasteiger partial charge in [-0.3, -0.25) is 4.79 Å². The number of alkyl halides is 8. The predicted octanol–water partition coefficient (Wildman–Crippen LogP) is 7.11. The minimum atomic E-state index is -6.36. The summed E-state index contributed by atoms with van der Waals surface area (Å²) in [5.74, 6) is -18.5. The highest BCUT2D eigenvalue weighted by Gasteiger charge is 2.75. The van der Waals surface area contributed by atoms with Crippen molar-refractivity contribution in [1.29, 1.82) is 0 Å². The van der Waals surface area contributed by atoms with Gasteiger partial charge in [-0.1, -0.05) is 32.6 Å². The molecule has 2 aliphatic rings. The lowest BCUT2D eigenvalue weighted by Gasteiger charge is -2.37. The third kappa shape index (κ3) is 5.83. The van der Waals surface area contributed by atoms with Gasteiger partial charge in [-0.25, -0.2) is 8.78 Å². The first-order valence-electron chi connectivity index (χ1n) is 10.9. The van der Waals surface area contributed by atoms with Crippen LogP contribution in [0, 0.1) is 23.7 Å². The number of ether oxygens (including phenoxy) is 1. The molecule has 10 heteroatoms. The molecule has 31 heavy (non-hydrogen) atoms. The van der Waals surface area contributed by atoms with E-state index in [2.05, 4.69) is 11.7 Å². The lowest BCUT2D eigenvalue weighted by molar-refractivity contribution is -0.344. The minimum Gasteiger partial charge on any atom is -0.459 e. The van der Waals surface area contributed by atoms with E-state index in [4.69, 9.17) is 0 Å². The summed E-state index contributed by atoms with van der Waals surface area (Å²) in [5.41, 5.74) is 0. The van der Waals surface area contributed by atoms with E-state index in [1.54, 1.807) is 0 Å². The van der Waals surface area contributed by atoms with E-state index in [0.717, 1.165) is 25.2 Å². The van der Waals surface area contributed by atoms with Crippen molar-refractivity contribution in [1.82, 2.24) is 0 Å². The van der Waals surface area contributed by atoms with E-state index in [1.165, 1.54) is 19.3 Å². The molecule has 0 unspecified atom stereocenters. The zero-order valence-electron chi connectivity index (χ0n) is 17.5. The van der Waals surface area contributed by atoms with Gasteiger partial charge in [0.2, 0.25) is 0 Å². The van der Waals surface area contributed by atoms with Crippen LogP contribution in [-0.2, 0) is 9.53 Å². The molecular formula is C21H30F8O2. The average molecular weight is 466 g/mol. The molecule has 0 bridgehead atoms. The number of halogens is 8. The summed E-state index contributed by atoms with van der Waals surface area (Å²) >= 11 is 0. The van der Waals surface area contributed by atoms with Crippen molar-refractivity contribution >= 4 is 5.97 Å². The Hall–Kier alpha value is -1.09. The quantitative estimate of drug-likeness (QED) is 0.267. The topological polar surface area (TPSA) is 26.3 Å². The van der Waals surface area contributed by atoms with E-state index in [-0.39, 0.29) is 0 Å². The Balaban J connectivity index is 1.81. The van der Waals surface area contributed by atoms with Crippen molar-refractivity contribution < 1.29 is 44.7 Å². The molecule has 0 aromatic carbocycles. The third-order valence-corrected chi connectivity index (χ3v) is 6.91. The maximum absolute atomic E-state index is 13.5. The second-order valence-electron chi connectivity index (χ2n) is 8.99. The molecule has 0 aromatic rings. The highest BCUT2D eigenvalue weighted by atomic mass is 19.4. The summed E-state index contributed by atoms with van der Waals surface area (Å²) in [6.07, 6.45) is 4.01. The monoisotopic (exact) mass is 466 g/mol. The molecule has 0 N–H and O–H groups in total. The molecule has 0 radical (unpaired) electrons. The minimum absolute atomic E-state index is 0.341. The molecule has 2 aliphatic carbocycles. The standard InChI is InChI=1S/C21H30F8O2/c1-2-3-13-4-6-14(7-5-13)15-8-10-16(11-9-15)17(30)31-12-19(24,25)21(28,29)20(26,27)18(22)23/h13-16,18H,2-12H2,1H3/t13-,14-,15-,16-. The number of hydrogen-bond acceptors (Lipinski definition) is 2. The Morgan fingerprint density at radius 2 is 1.35 bits per heavy atom. The highest BCUT2D eigenvalue weighted by Crippen LogP contribution is 2.49. The average Bonchev–Trinajstić information content (AvgIpc) is 2.72. The summed E-state index contributed by atoms with van der Waals surface area (Å²) in [5, 5.41) is 0. The van der Waals surface area contributed by atoms with Crippen molar-refractivity contribution in [3.63, 3.8) is 0 Å². The molecule has 0 aromatic heterocycles. The van der Waals surface area contributed by atoms with Crippen LogP contribution in [0.1, 0.15) is 71.1 Å². The number of rotatable bonds is 9. The molecule has 2 rings (SSSR count). The Bertz CT molecular complexity index is 580. The zero-order valence-corrected chi connectivity index (χ0v) is 17.5. The van der Waals surface area contributed by atoms with Gasteiger partial charge in [0.15, 0.2) is 6.61 Å². The number of carbonyl (C=O) groups is 1. The van der Waals surface area contributed by atoms with Gasteiger partial charge in [0, 0.05) is 0 Å². The normalized spacial score (nSPS) is 28.6. The molecule has 2 saturated carbocycles. The van der Waals surface area contributed by atoms with E-state index in [0.29, 0.717) is 37.5 Å². The van der Waals surface area contributed by atoms with Crippen molar-refractivity contribution in [2.75, 3.05) is 6.61 Å². The Kier molecular flexibility index (Phi) is 8.64. The number of carbonyl (C=O) groups excluding carboxylic acids is 1. The lowest BCUT2D eigenvalue weighted by Crippen LogP contribution is -2.59. The molecule has 0 heterocycles. The molecule has 0 amide bonds. The van der Waals surface area contributed by atoms with Crippen LogP contribution in [0.2, 0.25) is 0 Å². The molecule has 2 fully saturated rings. The summed E-state index contributed by atoms with van der Waals surface area (Å²) in [6.45, 7) is -0.212. The van der Waals surface area contributed by atoms with Gasteiger partial charge < -0.3 is 4.74 Å². The molecule has 2 nitrogen and oxygen atoms in total. The molecule has 0 aliphatic heterocycles. The van der Waals surface area contributed by atoms with Gasteiger partial charge in [-0.05, 0) is 56.3 Å². The second-order valence-corrected chi connectivity index (χ2v) is 8.99. The van der Waals surface area contributed by atoms with Gasteiger partial charge in [0.05, 0.1) is 5.92 Å². The Morgan fingerprint density at radius 1 is 0.871 bits per heavy atom. The molecule has 182 valence electrons. The smallest absolute Gasteiger partial charge is 0.381 e. The van der Waals surface area contributed by atoms with E-state index < -0.39 is 42.7 Å². The van der Waals surface area contributed by atoms with Gasteiger partial charge in [-0.2, -0.15) is 26.3 Å². The fourth-order valence-electron chi connectivity index (χ4n) is 4.93. The fourth-order valence-corrected chi connectivity index (χ4v) is 4.93. The van der Waals surface area contributed by atoms with Crippen molar-refractivity contribution in [2.24, 2.45) is 23.7 Å². The van der Waals surface area contributed by atoms with Crippen LogP contribution in [0.25, 0.3) is 0 Å². The van der Waals surface area contributed by atoms with Gasteiger partial charge in [0.1, 0.15) is 0 Å². The summed E-state index contributed by atoms with van der Waals surface area (Å²) in [4.78, 5) is 12.0. The number of hydrogen-bond donors (Lipinski definition) is 0. The maximum Gasteiger partial charge on any atom is 0.381 e. The summed E-state index contributed by atoms with van der Waals surface area (Å²) < 4.78 is 108. The predicted molar refractivity (Wildman–Crippen MR) is 97.6 cm³/mol. The van der Waals surface area contributed by atoms with Crippen LogP contribution in [0.15, 0.2) is 0 Å². The van der Waals surface area contributed by atoms with E-state index in [1.807, 2.05) is 0 Å². The molecule has 0 saturated heterocycles. The lowest BCUT2D eigenvalue weighted by atomic mass is 9.69. The second kappa shape index (κ2) is 10.2. The van der Waals surface area contributed by atoms with Crippen molar-refractivity contribution in [3.8, 4) is 0 Å². The van der Waals surface area contributed by atoms with Crippen LogP contribution in [0.3, 0.4) is 0 Å². The maximum atomic E-state index is 13.5. The Morgan fingerprint density at radius 3 is 1.81 bits per heavy atom. The van der Waals surface area contributed by atoms with Gasteiger partial charge >= 0.3 is 30.2 Å². The SMILES string of the molecule is CCC[C@H]1CC[C@H]([C@H]2CC[C@H](C(=O)OCC(F)(F)C(F)(F)C(F)(F)C(F)F)CC2)CC1. The Labute approximate surface area is 177 Å². The van der Waals surface area contributed by atoms with Gasteiger partial charge in [0.25, 0.3) is 0 Å². The first-order valence-corrected chi connectivity index (χ1v) is 10.9. The van der Waals surface area contributed by atoms with Gasteiger partial charge in [-0.15, -0.1) is 0 Å². The molecule has 0 atom stereocenters. The van der Waals surface area contributed by atoms with E-state index in [9.17, 15) is 39.9 Å². The summed E-state index contributed by atoms with van der Waals surface area (Å²) in [7, 11) is 0. The molecule has 0 spiro atoms. The van der Waals surface area contributed by atoms with Crippen LogP contribution in [-0.4, -0.2) is 36.8 Å². The first-order chi connectivity index (χ1) is 14.3. The summed E-state index contributed by atoms with van der Waals surface area (Å²) in [6, 6.07) is 0. The van der Waals surface area contributed by atoms with Crippen molar-refractivity contribution in [3.05, 3.63) is 0 Å². The van der Waals surface area contributed by atoms with Crippen LogP contribution in [0.4, 0.5) is 35.1 Å². The fraction of sp³-hybridized carbons (Fsp3) is 0.952. The van der Waals surface area contributed by atoms with Crippen molar-refractivity contribution in [2.45, 2.75) is 95.3 Å². The van der Waals surface area contributed by atoms with Crippen LogP contribution < -0.4 is 0 Å². The van der Waals surface area contributed by atoms with Crippen LogP contribution in [0.5, 0.6) is 0 Å². The highest BCUT2D eigenvalue weighted by molar-refractivity contribution is 5.72. The zero-order chi connectivity index (χ0) is 23.4. The third-order valence-electron chi connectivity index (χ3n) is 6.91. The van der Waals surface area contributed by atoms with E-state index >= 15 is 0 Å². The number of esters is 1. The van der Waals surface area contributed by atoms with Crippen LogP contribution >= 0.6 is 0 Å². The first kappa shape index (κ1) is 26.2. The largest absolute Gasteiger partial charge is 0.459 e. The molecular weight excluding hydrogens is 436 g/mol.